The summed E-state index contributed by atoms with van der Waals surface area (Å²) in [6.45, 7) is 4.13. The number of nitrogens with zero attached hydrogens (tertiary/aromatic N) is 2. The summed E-state index contributed by atoms with van der Waals surface area (Å²) in [4.78, 5) is 25.0. The molecule has 0 saturated heterocycles. The van der Waals surface area contributed by atoms with E-state index in [1.165, 1.54) is 16.5 Å². The minimum Gasteiger partial charge on any atom is -0.480 e. The number of nitrogens with one attached hydrogen (secondary N) is 2. The Morgan fingerprint density at radius 1 is 1.13 bits per heavy atom. The Kier molecular flexibility index (Phi) is 5.65. The molecule has 2 heterocycles. The average Bonchev–Trinajstić information content (AvgIpc) is 3.15. The molecule has 0 saturated carbocycles. The number of fused-ring (bicyclic) bond motifs is 2. The second-order valence-electron chi connectivity index (χ2n) is 7.65. The van der Waals surface area contributed by atoms with Crippen LogP contribution in [-0.2, 0) is 17.6 Å². The predicted octanol–water partition coefficient (Wildman–Crippen LogP) is 4.11. The van der Waals surface area contributed by atoms with Crippen molar-refractivity contribution in [2.24, 2.45) is 0 Å². The molecule has 154 valence electrons. The molecule has 0 fully saturated rings. The highest BCUT2D eigenvalue weighted by atomic mass is 16.5. The van der Waals surface area contributed by atoms with Gasteiger partial charge in [-0.25, -0.2) is 9.97 Å². The summed E-state index contributed by atoms with van der Waals surface area (Å²) in [6, 6.07) is 14.0. The minimum absolute atomic E-state index is 0.00414. The number of H-pyrrole nitrogens is 1. The first-order chi connectivity index (χ1) is 14.5. The molecule has 1 atom stereocenters. The van der Waals surface area contributed by atoms with Crippen LogP contribution in [0.4, 0.5) is 0 Å². The first-order valence-corrected chi connectivity index (χ1v) is 10.2. The smallest absolute Gasteiger partial charge is 0.235 e. The zero-order valence-electron chi connectivity index (χ0n) is 17.5. The lowest BCUT2D eigenvalue weighted by atomic mass is 10.0. The Morgan fingerprint density at radius 3 is 2.67 bits per heavy atom. The maximum Gasteiger partial charge on any atom is 0.235 e. The van der Waals surface area contributed by atoms with Gasteiger partial charge in [0, 0.05) is 36.0 Å². The lowest BCUT2D eigenvalue weighted by Gasteiger charge is -2.14. The molecule has 0 spiro atoms. The maximum absolute atomic E-state index is 12.5. The van der Waals surface area contributed by atoms with Crippen LogP contribution < -0.4 is 10.1 Å². The molecule has 4 aromatic rings. The van der Waals surface area contributed by atoms with Gasteiger partial charge in [-0.15, -0.1) is 0 Å². The molecule has 0 aliphatic rings. The Labute approximate surface area is 175 Å². The molecule has 0 aliphatic heterocycles. The lowest BCUT2D eigenvalue weighted by molar-refractivity contribution is -0.121. The number of hydrogen-bond donors (Lipinski definition) is 2. The highest BCUT2D eigenvalue weighted by molar-refractivity contribution is 5.86. The number of carbonyl (C=O) groups is 1. The number of aromatic amines is 1. The third-order valence-electron chi connectivity index (χ3n) is 5.33. The molecular formula is C24H26N4O2. The van der Waals surface area contributed by atoms with Crippen LogP contribution in [0.3, 0.4) is 0 Å². The third-order valence-corrected chi connectivity index (χ3v) is 5.33. The Morgan fingerprint density at radius 2 is 1.90 bits per heavy atom. The first kappa shape index (κ1) is 19.9. The number of aromatic nitrogens is 3. The van der Waals surface area contributed by atoms with Crippen LogP contribution in [0.2, 0.25) is 0 Å². The van der Waals surface area contributed by atoms with Gasteiger partial charge in [-0.05, 0) is 43.5 Å². The van der Waals surface area contributed by atoms with Crippen molar-refractivity contribution in [2.75, 3.05) is 7.11 Å². The monoisotopic (exact) mass is 402 g/mol. The summed E-state index contributed by atoms with van der Waals surface area (Å²) in [7, 11) is 1.58. The van der Waals surface area contributed by atoms with Gasteiger partial charge in [0.15, 0.2) is 0 Å². The van der Waals surface area contributed by atoms with Crippen LogP contribution >= 0.6 is 0 Å². The number of amides is 1. The quantitative estimate of drug-likeness (QED) is 0.488. The van der Waals surface area contributed by atoms with Gasteiger partial charge in [-0.1, -0.05) is 30.3 Å². The normalized spacial score (nSPS) is 12.2. The fraction of sp³-hybridized carbons (Fsp3) is 0.292. The van der Waals surface area contributed by atoms with Crippen molar-refractivity contribution in [1.82, 2.24) is 20.3 Å². The number of rotatable bonds is 7. The van der Waals surface area contributed by atoms with Gasteiger partial charge in [0.25, 0.3) is 0 Å². The Balaban J connectivity index is 1.38. The number of benzene rings is 2. The van der Waals surface area contributed by atoms with E-state index in [1.807, 2.05) is 37.4 Å². The van der Waals surface area contributed by atoms with Gasteiger partial charge in [0.1, 0.15) is 5.69 Å². The van der Waals surface area contributed by atoms with Gasteiger partial charge in [-0.3, -0.25) is 4.79 Å². The molecule has 0 unspecified atom stereocenters. The van der Waals surface area contributed by atoms with Gasteiger partial charge in [0.05, 0.1) is 18.1 Å². The first-order valence-electron chi connectivity index (χ1n) is 10.2. The number of aryl methyl sites for hydroxylation is 2. The van der Waals surface area contributed by atoms with Gasteiger partial charge in [0.2, 0.25) is 11.8 Å². The van der Waals surface area contributed by atoms with Crippen molar-refractivity contribution in [2.45, 2.75) is 39.2 Å². The molecule has 1 amide bonds. The molecule has 2 aromatic heterocycles. The molecule has 6 heteroatoms. The molecule has 6 nitrogen and oxygen atoms in total. The summed E-state index contributed by atoms with van der Waals surface area (Å²) >= 11 is 0. The molecule has 0 bridgehead atoms. The Bertz CT molecular complexity index is 1200. The van der Waals surface area contributed by atoms with E-state index in [2.05, 4.69) is 45.4 Å². The second kappa shape index (κ2) is 8.53. The number of hydrogen-bond acceptors (Lipinski definition) is 4. The molecular weight excluding hydrogens is 376 g/mol. The number of carbonyl (C=O) groups excluding carboxylic acids is 1. The minimum atomic E-state index is -0.00414. The van der Waals surface area contributed by atoms with Gasteiger partial charge < -0.3 is 15.0 Å². The van der Waals surface area contributed by atoms with E-state index in [-0.39, 0.29) is 11.9 Å². The summed E-state index contributed by atoms with van der Waals surface area (Å²) < 4.78 is 5.38. The largest absolute Gasteiger partial charge is 0.480 e. The fourth-order valence-corrected chi connectivity index (χ4v) is 3.84. The SMILES string of the molecule is COc1nc2ccccc2nc1CCC(=O)N[C@H](C)Cc1c[nH]c2c(C)cccc12. The lowest BCUT2D eigenvalue weighted by Crippen LogP contribution is -2.34. The predicted molar refractivity (Wildman–Crippen MR) is 119 cm³/mol. The molecule has 2 aromatic carbocycles. The molecule has 2 N–H and O–H groups in total. The van der Waals surface area contributed by atoms with Crippen LogP contribution in [0, 0.1) is 6.92 Å². The van der Waals surface area contributed by atoms with Crippen LogP contribution in [0.1, 0.15) is 30.2 Å². The number of methoxy groups -OCH3 is 1. The maximum atomic E-state index is 12.5. The fourth-order valence-electron chi connectivity index (χ4n) is 3.84. The van der Waals surface area contributed by atoms with Crippen LogP contribution in [0.25, 0.3) is 21.9 Å². The summed E-state index contributed by atoms with van der Waals surface area (Å²) in [5.41, 5.74) is 5.88. The second-order valence-corrected chi connectivity index (χ2v) is 7.65. The molecule has 0 aliphatic carbocycles. The molecule has 0 radical (unpaired) electrons. The van der Waals surface area contributed by atoms with Crippen LogP contribution in [0.5, 0.6) is 5.88 Å². The third kappa shape index (κ3) is 4.13. The highest BCUT2D eigenvalue weighted by Crippen LogP contribution is 2.23. The van der Waals surface area contributed by atoms with E-state index in [9.17, 15) is 4.79 Å². The van der Waals surface area contributed by atoms with E-state index >= 15 is 0 Å². The van der Waals surface area contributed by atoms with Crippen molar-refractivity contribution in [3.63, 3.8) is 0 Å². The van der Waals surface area contributed by atoms with Crippen LogP contribution in [0.15, 0.2) is 48.7 Å². The summed E-state index contributed by atoms with van der Waals surface area (Å²) in [5.74, 6) is 0.472. The van der Waals surface area contributed by atoms with Crippen molar-refractivity contribution in [3.05, 3.63) is 65.5 Å². The Hall–Kier alpha value is -3.41. The van der Waals surface area contributed by atoms with Gasteiger partial charge >= 0.3 is 0 Å². The van der Waals surface area contributed by atoms with Gasteiger partial charge in [-0.2, -0.15) is 0 Å². The zero-order chi connectivity index (χ0) is 21.1. The summed E-state index contributed by atoms with van der Waals surface area (Å²) in [6.07, 6.45) is 3.62. The molecule has 4 rings (SSSR count). The van der Waals surface area contributed by atoms with Crippen molar-refractivity contribution >= 4 is 27.8 Å². The molecule has 30 heavy (non-hydrogen) atoms. The standard InChI is InChI=1S/C24H26N4O2/c1-15-7-6-8-18-17(14-25-23(15)18)13-16(2)26-22(29)12-11-21-24(30-3)28-20-10-5-4-9-19(20)27-21/h4-10,14,16,25H,11-13H2,1-3H3,(H,26,29)/t16-/m1/s1. The topological polar surface area (TPSA) is 79.9 Å². The van der Waals surface area contributed by atoms with Crippen molar-refractivity contribution in [1.29, 1.82) is 0 Å². The van der Waals surface area contributed by atoms with E-state index in [0.717, 1.165) is 23.0 Å². The van der Waals surface area contributed by atoms with Crippen molar-refractivity contribution < 1.29 is 9.53 Å². The van der Waals surface area contributed by atoms with E-state index in [4.69, 9.17) is 4.74 Å². The van der Waals surface area contributed by atoms with E-state index < -0.39 is 0 Å². The van der Waals surface area contributed by atoms with Crippen LogP contribution in [-0.4, -0.2) is 34.0 Å². The van der Waals surface area contributed by atoms with E-state index in [1.54, 1.807) is 7.11 Å². The highest BCUT2D eigenvalue weighted by Gasteiger charge is 2.14. The number of ether oxygens (including phenoxy) is 1. The average molecular weight is 402 g/mol. The van der Waals surface area contributed by atoms with Crippen molar-refractivity contribution in [3.8, 4) is 5.88 Å². The summed E-state index contributed by atoms with van der Waals surface area (Å²) in [5, 5.41) is 4.32. The zero-order valence-corrected chi connectivity index (χ0v) is 17.5. The number of para-hydroxylation sites is 3. The van der Waals surface area contributed by atoms with E-state index in [0.29, 0.717) is 24.4 Å².